The highest BCUT2D eigenvalue weighted by atomic mass is 14.3. The fourth-order valence-corrected chi connectivity index (χ4v) is 1.78. The SMILES string of the molecule is CC(C)C(C)C(C)CC(C)C(C)(C)C. The molecule has 0 radical (unpaired) electrons. The lowest BCUT2D eigenvalue weighted by Crippen LogP contribution is -2.23. The van der Waals surface area contributed by atoms with Gasteiger partial charge in [0, 0.05) is 0 Å². The average Bonchev–Trinajstić information content (AvgIpc) is 2.00. The fraction of sp³-hybridized carbons (Fsp3) is 1.00. The Morgan fingerprint density at radius 3 is 1.57 bits per heavy atom. The lowest BCUT2D eigenvalue weighted by atomic mass is 9.73. The molecular formula is C14H30. The van der Waals surface area contributed by atoms with Crippen molar-refractivity contribution in [1.29, 1.82) is 0 Å². The zero-order valence-electron chi connectivity index (χ0n) is 11.5. The van der Waals surface area contributed by atoms with E-state index in [1.54, 1.807) is 0 Å². The van der Waals surface area contributed by atoms with Crippen LogP contribution in [0.15, 0.2) is 0 Å². The van der Waals surface area contributed by atoms with E-state index in [2.05, 4.69) is 55.4 Å². The molecule has 0 spiro atoms. The largest absolute Gasteiger partial charge is 0.0625 e. The van der Waals surface area contributed by atoms with Crippen LogP contribution in [0.2, 0.25) is 0 Å². The molecule has 0 saturated carbocycles. The molecule has 14 heavy (non-hydrogen) atoms. The molecule has 0 aliphatic rings. The molecule has 0 aromatic rings. The van der Waals surface area contributed by atoms with Crippen molar-refractivity contribution in [2.24, 2.45) is 29.1 Å². The summed E-state index contributed by atoms with van der Waals surface area (Å²) in [7, 11) is 0. The van der Waals surface area contributed by atoms with Crippen LogP contribution in [0, 0.1) is 29.1 Å². The van der Waals surface area contributed by atoms with Crippen LogP contribution >= 0.6 is 0 Å². The molecule has 0 aromatic heterocycles. The summed E-state index contributed by atoms with van der Waals surface area (Å²) in [6, 6.07) is 0. The van der Waals surface area contributed by atoms with Gasteiger partial charge in [0.25, 0.3) is 0 Å². The van der Waals surface area contributed by atoms with Crippen LogP contribution < -0.4 is 0 Å². The van der Waals surface area contributed by atoms with Crippen LogP contribution in [0.3, 0.4) is 0 Å². The predicted octanol–water partition coefficient (Wildman–Crippen LogP) is 4.99. The first kappa shape index (κ1) is 14.0. The Balaban J connectivity index is 4.12. The molecule has 0 aliphatic carbocycles. The average molecular weight is 198 g/mol. The molecule has 86 valence electrons. The molecule has 0 aromatic carbocycles. The van der Waals surface area contributed by atoms with Gasteiger partial charge >= 0.3 is 0 Å². The first-order valence-electron chi connectivity index (χ1n) is 6.16. The minimum atomic E-state index is 0.463. The third-order valence-corrected chi connectivity index (χ3v) is 4.15. The Bertz CT molecular complexity index is 150. The normalized spacial score (nSPS) is 19.5. The van der Waals surface area contributed by atoms with Crippen molar-refractivity contribution in [3.8, 4) is 0 Å². The summed E-state index contributed by atoms with van der Waals surface area (Å²) in [6.45, 7) is 18.9. The Kier molecular flexibility index (Phi) is 5.19. The maximum Gasteiger partial charge on any atom is -0.0357 e. The maximum atomic E-state index is 2.41. The monoisotopic (exact) mass is 198 g/mol. The summed E-state index contributed by atoms with van der Waals surface area (Å²) in [4.78, 5) is 0. The molecule has 0 rings (SSSR count). The summed E-state index contributed by atoms with van der Waals surface area (Å²) in [5.74, 6) is 3.33. The summed E-state index contributed by atoms with van der Waals surface area (Å²) in [5, 5.41) is 0. The van der Waals surface area contributed by atoms with Crippen LogP contribution in [0.5, 0.6) is 0 Å². The van der Waals surface area contributed by atoms with E-state index in [0.717, 1.165) is 23.7 Å². The molecule has 0 bridgehead atoms. The van der Waals surface area contributed by atoms with E-state index >= 15 is 0 Å². The van der Waals surface area contributed by atoms with Crippen molar-refractivity contribution in [3.05, 3.63) is 0 Å². The van der Waals surface area contributed by atoms with Gasteiger partial charge in [-0.15, -0.1) is 0 Å². The molecule has 0 aliphatic heterocycles. The summed E-state index contributed by atoms with van der Waals surface area (Å²) in [5.41, 5.74) is 0.463. The minimum absolute atomic E-state index is 0.463. The molecule has 0 heterocycles. The van der Waals surface area contributed by atoms with Crippen LogP contribution in [0.25, 0.3) is 0 Å². The first-order valence-corrected chi connectivity index (χ1v) is 6.16. The van der Waals surface area contributed by atoms with Crippen molar-refractivity contribution in [2.45, 2.75) is 61.8 Å². The zero-order chi connectivity index (χ0) is 11.5. The van der Waals surface area contributed by atoms with Crippen molar-refractivity contribution in [2.75, 3.05) is 0 Å². The zero-order valence-corrected chi connectivity index (χ0v) is 11.5. The van der Waals surface area contributed by atoms with Gasteiger partial charge in [-0.3, -0.25) is 0 Å². The Morgan fingerprint density at radius 2 is 1.29 bits per heavy atom. The molecule has 0 nitrogen and oxygen atoms in total. The maximum absolute atomic E-state index is 2.41. The van der Waals surface area contributed by atoms with Gasteiger partial charge in [-0.05, 0) is 35.5 Å². The first-order chi connectivity index (χ1) is 6.16. The van der Waals surface area contributed by atoms with Gasteiger partial charge in [0.1, 0.15) is 0 Å². The van der Waals surface area contributed by atoms with Gasteiger partial charge in [-0.1, -0.05) is 55.4 Å². The van der Waals surface area contributed by atoms with Gasteiger partial charge in [0.2, 0.25) is 0 Å². The molecule has 0 fully saturated rings. The molecule has 3 unspecified atom stereocenters. The Morgan fingerprint density at radius 1 is 0.857 bits per heavy atom. The van der Waals surface area contributed by atoms with Crippen LogP contribution in [-0.4, -0.2) is 0 Å². The Hall–Kier alpha value is 0. The van der Waals surface area contributed by atoms with E-state index in [-0.39, 0.29) is 0 Å². The van der Waals surface area contributed by atoms with Gasteiger partial charge in [-0.25, -0.2) is 0 Å². The van der Waals surface area contributed by atoms with Crippen molar-refractivity contribution in [3.63, 3.8) is 0 Å². The topological polar surface area (TPSA) is 0 Å². The number of rotatable bonds is 4. The molecule has 0 N–H and O–H groups in total. The lowest BCUT2D eigenvalue weighted by Gasteiger charge is -2.32. The van der Waals surface area contributed by atoms with Gasteiger partial charge in [0.05, 0.1) is 0 Å². The molecule has 0 heteroatoms. The second-order valence-electron chi connectivity index (χ2n) is 6.58. The number of hydrogen-bond acceptors (Lipinski definition) is 0. The van der Waals surface area contributed by atoms with Crippen molar-refractivity contribution >= 4 is 0 Å². The van der Waals surface area contributed by atoms with E-state index in [4.69, 9.17) is 0 Å². The van der Waals surface area contributed by atoms with Crippen molar-refractivity contribution < 1.29 is 0 Å². The van der Waals surface area contributed by atoms with Crippen molar-refractivity contribution in [1.82, 2.24) is 0 Å². The summed E-state index contributed by atoms with van der Waals surface area (Å²) in [6.07, 6.45) is 1.36. The van der Waals surface area contributed by atoms with Crippen LogP contribution in [0.4, 0.5) is 0 Å². The quantitative estimate of drug-likeness (QED) is 0.597. The van der Waals surface area contributed by atoms with E-state index in [1.165, 1.54) is 6.42 Å². The second kappa shape index (κ2) is 5.19. The van der Waals surface area contributed by atoms with Gasteiger partial charge in [-0.2, -0.15) is 0 Å². The van der Waals surface area contributed by atoms with E-state index < -0.39 is 0 Å². The Labute approximate surface area is 91.5 Å². The minimum Gasteiger partial charge on any atom is -0.0625 e. The smallest absolute Gasteiger partial charge is 0.0357 e. The highest BCUT2D eigenvalue weighted by Gasteiger charge is 2.24. The third-order valence-electron chi connectivity index (χ3n) is 4.15. The predicted molar refractivity (Wildman–Crippen MR) is 66.4 cm³/mol. The molecule has 0 saturated heterocycles. The second-order valence-corrected chi connectivity index (χ2v) is 6.58. The third kappa shape index (κ3) is 4.48. The van der Waals surface area contributed by atoms with Crippen LogP contribution in [-0.2, 0) is 0 Å². The fourth-order valence-electron chi connectivity index (χ4n) is 1.78. The standard InChI is InChI=1S/C14H30/c1-10(2)13(5)11(3)9-12(4)14(6,7)8/h10-13H,9H2,1-8H3. The molecular weight excluding hydrogens is 168 g/mol. The van der Waals surface area contributed by atoms with Gasteiger partial charge in [0.15, 0.2) is 0 Å². The summed E-state index contributed by atoms with van der Waals surface area (Å²) < 4.78 is 0. The van der Waals surface area contributed by atoms with Gasteiger partial charge < -0.3 is 0 Å². The lowest BCUT2D eigenvalue weighted by molar-refractivity contribution is 0.176. The van der Waals surface area contributed by atoms with E-state index in [9.17, 15) is 0 Å². The number of hydrogen-bond donors (Lipinski definition) is 0. The van der Waals surface area contributed by atoms with E-state index in [1.807, 2.05) is 0 Å². The highest BCUT2D eigenvalue weighted by Crippen LogP contribution is 2.34. The summed E-state index contributed by atoms with van der Waals surface area (Å²) >= 11 is 0. The molecule has 3 atom stereocenters. The highest BCUT2D eigenvalue weighted by molar-refractivity contribution is 4.75. The van der Waals surface area contributed by atoms with E-state index in [0.29, 0.717) is 5.41 Å². The molecule has 0 amide bonds. The van der Waals surface area contributed by atoms with Crippen LogP contribution in [0.1, 0.15) is 61.8 Å².